The lowest BCUT2D eigenvalue weighted by Gasteiger charge is -1.95. The first-order chi connectivity index (χ1) is 8.77. The summed E-state index contributed by atoms with van der Waals surface area (Å²) in [7, 11) is 0. The second kappa shape index (κ2) is 5.88. The third-order valence-corrected chi connectivity index (χ3v) is 2.79. The number of carbonyl (C=O) groups excluding carboxylic acids is 1. The zero-order valence-electron chi connectivity index (χ0n) is 10.0. The minimum atomic E-state index is 0.0492. The van der Waals surface area contributed by atoms with Gasteiger partial charge in [-0.2, -0.15) is 0 Å². The molecule has 0 amide bonds. The Morgan fingerprint density at radius 1 is 1.22 bits per heavy atom. The molecule has 18 heavy (non-hydrogen) atoms. The Balaban J connectivity index is 2.05. The maximum atomic E-state index is 11.4. The number of benzene rings is 1. The van der Waals surface area contributed by atoms with Crippen molar-refractivity contribution in [2.75, 3.05) is 0 Å². The molecule has 0 atom stereocenters. The molecule has 1 fully saturated rings. The summed E-state index contributed by atoms with van der Waals surface area (Å²) in [5.74, 6) is 5.89. The second-order valence-corrected chi connectivity index (χ2v) is 4.11. The summed E-state index contributed by atoms with van der Waals surface area (Å²) >= 11 is 0. The van der Waals surface area contributed by atoms with E-state index in [-0.39, 0.29) is 11.5 Å². The highest BCUT2D eigenvalue weighted by molar-refractivity contribution is 5.98. The van der Waals surface area contributed by atoms with Crippen molar-refractivity contribution in [2.45, 2.75) is 19.3 Å². The fraction of sp³-hybridized carbons (Fsp3) is 0.188. The van der Waals surface area contributed by atoms with Crippen LogP contribution in [0.1, 0.15) is 24.8 Å². The lowest BCUT2D eigenvalue weighted by molar-refractivity contribution is -0.114. The third-order valence-electron chi connectivity index (χ3n) is 2.79. The Morgan fingerprint density at radius 3 is 2.67 bits per heavy atom. The minimum Gasteiger partial charge on any atom is -0.508 e. The molecule has 2 heteroatoms. The number of allylic oxidation sites excluding steroid dienone is 3. The number of ketones is 1. The lowest BCUT2D eigenvalue weighted by Crippen LogP contribution is -1.95. The normalized spacial score (nSPS) is 17.7. The van der Waals surface area contributed by atoms with Crippen LogP contribution in [0, 0.1) is 11.8 Å². The smallest absolute Gasteiger partial charge is 0.162 e. The number of Topliss-reactive ketones (excluding diaryl/α,β-unsaturated/α-hetero) is 1. The molecule has 0 spiro atoms. The number of aliphatic hydroxyl groups is 1. The molecular weight excluding hydrogens is 224 g/mol. The molecule has 0 aliphatic heterocycles. The molecule has 90 valence electrons. The van der Waals surface area contributed by atoms with Gasteiger partial charge >= 0.3 is 0 Å². The van der Waals surface area contributed by atoms with Crippen LogP contribution in [-0.4, -0.2) is 10.9 Å². The van der Waals surface area contributed by atoms with Crippen LogP contribution < -0.4 is 0 Å². The quantitative estimate of drug-likeness (QED) is 0.463. The summed E-state index contributed by atoms with van der Waals surface area (Å²) in [6.07, 6.45) is 5.11. The molecule has 1 aliphatic rings. The molecule has 2 rings (SSSR count). The Morgan fingerprint density at radius 2 is 2.00 bits per heavy atom. The Labute approximate surface area is 107 Å². The SMILES string of the molecule is O=C1CCC/C1=C(O)\C=C\C#Cc1ccccc1. The second-order valence-electron chi connectivity index (χ2n) is 4.11. The van der Waals surface area contributed by atoms with Gasteiger partial charge in [-0.1, -0.05) is 30.0 Å². The van der Waals surface area contributed by atoms with E-state index < -0.39 is 0 Å². The number of aliphatic hydroxyl groups excluding tert-OH is 1. The Kier molecular flexibility index (Phi) is 3.98. The molecule has 1 N–H and O–H groups in total. The van der Waals surface area contributed by atoms with E-state index in [1.54, 1.807) is 6.08 Å². The van der Waals surface area contributed by atoms with Crippen LogP contribution in [0.15, 0.2) is 53.8 Å². The highest BCUT2D eigenvalue weighted by Crippen LogP contribution is 2.22. The van der Waals surface area contributed by atoms with Gasteiger partial charge in [0, 0.05) is 17.6 Å². The zero-order valence-corrected chi connectivity index (χ0v) is 10.0. The Hall–Kier alpha value is -2.27. The van der Waals surface area contributed by atoms with Crippen LogP contribution >= 0.6 is 0 Å². The summed E-state index contributed by atoms with van der Waals surface area (Å²) in [6.45, 7) is 0. The average Bonchev–Trinajstić information content (AvgIpc) is 2.82. The predicted molar refractivity (Wildman–Crippen MR) is 71.0 cm³/mol. The molecule has 0 unspecified atom stereocenters. The van der Waals surface area contributed by atoms with E-state index in [0.717, 1.165) is 12.0 Å². The molecule has 0 bridgehead atoms. The predicted octanol–water partition coefficient (Wildman–Crippen LogP) is 3.16. The van der Waals surface area contributed by atoms with Gasteiger partial charge in [-0.3, -0.25) is 4.79 Å². The molecule has 2 nitrogen and oxygen atoms in total. The van der Waals surface area contributed by atoms with Crippen LogP contribution in [0.5, 0.6) is 0 Å². The summed E-state index contributed by atoms with van der Waals surface area (Å²) < 4.78 is 0. The summed E-state index contributed by atoms with van der Waals surface area (Å²) in [4.78, 5) is 11.4. The van der Waals surface area contributed by atoms with E-state index in [0.29, 0.717) is 18.4 Å². The standard InChI is InChI=1S/C16H14O2/c17-15(14-10-6-12-16(14)18)11-5-4-9-13-7-2-1-3-8-13/h1-3,5,7-8,11,17H,6,10,12H2/b11-5+,15-14-. The van der Waals surface area contributed by atoms with Crippen molar-refractivity contribution < 1.29 is 9.90 Å². The highest BCUT2D eigenvalue weighted by atomic mass is 16.3. The molecule has 0 radical (unpaired) electrons. The molecular formula is C16H14O2. The topological polar surface area (TPSA) is 37.3 Å². The molecule has 1 aromatic carbocycles. The van der Waals surface area contributed by atoms with E-state index >= 15 is 0 Å². The highest BCUT2D eigenvalue weighted by Gasteiger charge is 2.19. The van der Waals surface area contributed by atoms with Gasteiger partial charge in [0.25, 0.3) is 0 Å². The van der Waals surface area contributed by atoms with E-state index in [4.69, 9.17) is 0 Å². The Bertz CT molecular complexity index is 554. The van der Waals surface area contributed by atoms with Crippen molar-refractivity contribution in [2.24, 2.45) is 0 Å². The maximum absolute atomic E-state index is 11.4. The molecule has 0 heterocycles. The monoisotopic (exact) mass is 238 g/mol. The number of hydrogen-bond donors (Lipinski definition) is 1. The average molecular weight is 238 g/mol. The number of carbonyl (C=O) groups is 1. The van der Waals surface area contributed by atoms with Crippen molar-refractivity contribution in [3.05, 3.63) is 59.4 Å². The van der Waals surface area contributed by atoms with Gasteiger partial charge in [0.1, 0.15) is 5.76 Å². The minimum absolute atomic E-state index is 0.0492. The first-order valence-electron chi connectivity index (χ1n) is 5.96. The van der Waals surface area contributed by atoms with E-state index in [1.807, 2.05) is 30.3 Å². The van der Waals surface area contributed by atoms with Gasteiger partial charge in [0.15, 0.2) is 5.78 Å². The van der Waals surface area contributed by atoms with Crippen LogP contribution in [0.25, 0.3) is 0 Å². The van der Waals surface area contributed by atoms with Crippen LogP contribution in [0.4, 0.5) is 0 Å². The van der Waals surface area contributed by atoms with Crippen molar-refractivity contribution in [1.82, 2.24) is 0 Å². The molecule has 1 aromatic rings. The zero-order chi connectivity index (χ0) is 12.8. The van der Waals surface area contributed by atoms with Gasteiger partial charge in [-0.15, -0.1) is 0 Å². The van der Waals surface area contributed by atoms with Gasteiger partial charge in [0.05, 0.1) is 0 Å². The fourth-order valence-corrected chi connectivity index (χ4v) is 1.85. The first-order valence-corrected chi connectivity index (χ1v) is 5.96. The summed E-state index contributed by atoms with van der Waals surface area (Å²) in [5, 5.41) is 9.72. The van der Waals surface area contributed by atoms with Crippen molar-refractivity contribution in [1.29, 1.82) is 0 Å². The van der Waals surface area contributed by atoms with Crippen molar-refractivity contribution in [3.8, 4) is 11.8 Å². The van der Waals surface area contributed by atoms with E-state index in [9.17, 15) is 9.90 Å². The lowest BCUT2D eigenvalue weighted by atomic mass is 10.1. The van der Waals surface area contributed by atoms with Crippen molar-refractivity contribution in [3.63, 3.8) is 0 Å². The maximum Gasteiger partial charge on any atom is 0.162 e. The van der Waals surface area contributed by atoms with Gasteiger partial charge in [0.2, 0.25) is 0 Å². The summed E-state index contributed by atoms with van der Waals surface area (Å²) in [5.41, 5.74) is 1.46. The molecule has 0 aromatic heterocycles. The molecule has 1 aliphatic carbocycles. The van der Waals surface area contributed by atoms with Crippen LogP contribution in [-0.2, 0) is 4.79 Å². The molecule has 0 saturated heterocycles. The fourth-order valence-electron chi connectivity index (χ4n) is 1.85. The van der Waals surface area contributed by atoms with Crippen molar-refractivity contribution >= 4 is 5.78 Å². The van der Waals surface area contributed by atoms with Crippen LogP contribution in [0.3, 0.4) is 0 Å². The van der Waals surface area contributed by atoms with E-state index in [2.05, 4.69) is 11.8 Å². The first kappa shape index (κ1) is 12.2. The third kappa shape index (κ3) is 3.11. The van der Waals surface area contributed by atoms with Gasteiger partial charge in [-0.25, -0.2) is 0 Å². The van der Waals surface area contributed by atoms with E-state index in [1.165, 1.54) is 6.08 Å². The number of rotatable bonds is 1. The van der Waals surface area contributed by atoms with Gasteiger partial charge < -0.3 is 5.11 Å². The van der Waals surface area contributed by atoms with Crippen LogP contribution in [0.2, 0.25) is 0 Å². The van der Waals surface area contributed by atoms with Gasteiger partial charge in [-0.05, 0) is 37.1 Å². The molecule has 1 saturated carbocycles. The largest absolute Gasteiger partial charge is 0.508 e. The summed E-state index contributed by atoms with van der Waals surface area (Å²) in [6, 6.07) is 9.61. The number of hydrogen-bond acceptors (Lipinski definition) is 2.